The van der Waals surface area contributed by atoms with Gasteiger partial charge in [0.25, 0.3) is 0 Å². The fourth-order valence-electron chi connectivity index (χ4n) is 2.03. The predicted octanol–water partition coefficient (Wildman–Crippen LogP) is 4.97. The number of hydrogen-bond acceptors (Lipinski definition) is 2. The molecule has 0 spiro atoms. The van der Waals surface area contributed by atoms with Crippen LogP contribution in [0, 0.1) is 0 Å². The van der Waals surface area contributed by atoms with Crippen molar-refractivity contribution in [2.24, 2.45) is 0 Å². The van der Waals surface area contributed by atoms with Crippen LogP contribution in [0.4, 0.5) is 24.5 Å². The maximum absolute atomic E-state index is 12.5. The summed E-state index contributed by atoms with van der Waals surface area (Å²) in [6.45, 7) is 1.33. The Kier molecular flexibility index (Phi) is 6.05. The third-order valence-corrected chi connectivity index (χ3v) is 3.54. The summed E-state index contributed by atoms with van der Waals surface area (Å²) in [7, 11) is 0. The molecule has 2 aromatic rings. The largest absolute Gasteiger partial charge is 0.416 e. The first-order valence-corrected chi connectivity index (χ1v) is 7.76. The van der Waals surface area contributed by atoms with Gasteiger partial charge in [-0.3, -0.25) is 9.59 Å². The van der Waals surface area contributed by atoms with E-state index in [4.69, 9.17) is 11.6 Å². The van der Waals surface area contributed by atoms with Gasteiger partial charge in [-0.05, 0) is 42.0 Å². The Bertz CT molecular complexity index is 847. The van der Waals surface area contributed by atoms with E-state index >= 15 is 0 Å². The molecule has 2 rings (SSSR count). The van der Waals surface area contributed by atoms with E-state index in [9.17, 15) is 22.8 Å². The van der Waals surface area contributed by atoms with Crippen molar-refractivity contribution in [3.63, 3.8) is 0 Å². The van der Waals surface area contributed by atoms with Crippen LogP contribution in [-0.2, 0) is 15.8 Å². The van der Waals surface area contributed by atoms with Crippen LogP contribution in [0.5, 0.6) is 0 Å². The highest BCUT2D eigenvalue weighted by atomic mass is 35.5. The average Bonchev–Trinajstić information content (AvgIpc) is 2.55. The molecule has 2 aromatic carbocycles. The summed E-state index contributed by atoms with van der Waals surface area (Å²) in [4.78, 5) is 23.0. The Morgan fingerprint density at radius 1 is 1.04 bits per heavy atom. The third-order valence-electron chi connectivity index (χ3n) is 3.21. The van der Waals surface area contributed by atoms with Crippen LogP contribution in [0.3, 0.4) is 0 Å². The fraction of sp³-hybridized carbons (Fsp3) is 0.111. The Balaban J connectivity index is 2.04. The molecule has 0 atom stereocenters. The molecular weight excluding hydrogens is 369 g/mol. The van der Waals surface area contributed by atoms with Crippen molar-refractivity contribution in [3.8, 4) is 0 Å². The number of benzene rings is 2. The molecule has 136 valence electrons. The average molecular weight is 383 g/mol. The van der Waals surface area contributed by atoms with Gasteiger partial charge in [-0.1, -0.05) is 23.7 Å². The monoisotopic (exact) mass is 382 g/mol. The quantitative estimate of drug-likeness (QED) is 0.733. The Labute approximate surface area is 152 Å². The summed E-state index contributed by atoms with van der Waals surface area (Å²) in [5, 5.41) is 5.42. The van der Waals surface area contributed by atoms with E-state index in [2.05, 4.69) is 10.6 Å². The summed E-state index contributed by atoms with van der Waals surface area (Å²) in [5.74, 6) is -0.793. The van der Waals surface area contributed by atoms with Gasteiger partial charge >= 0.3 is 6.18 Å². The minimum absolute atomic E-state index is 0.308. The van der Waals surface area contributed by atoms with Crippen molar-refractivity contribution in [2.45, 2.75) is 13.1 Å². The predicted molar refractivity (Wildman–Crippen MR) is 94.9 cm³/mol. The van der Waals surface area contributed by atoms with Gasteiger partial charge in [0.15, 0.2) is 0 Å². The van der Waals surface area contributed by atoms with Gasteiger partial charge in [-0.15, -0.1) is 0 Å². The van der Waals surface area contributed by atoms with Gasteiger partial charge in [0.2, 0.25) is 11.8 Å². The van der Waals surface area contributed by atoms with Crippen LogP contribution in [0.2, 0.25) is 5.02 Å². The second-order valence-electron chi connectivity index (χ2n) is 5.32. The van der Waals surface area contributed by atoms with Crippen LogP contribution in [0.15, 0.2) is 48.5 Å². The number of amides is 2. The lowest BCUT2D eigenvalue weighted by molar-refractivity contribution is -0.137. The number of alkyl halides is 3. The molecule has 0 aliphatic rings. The topological polar surface area (TPSA) is 58.2 Å². The van der Waals surface area contributed by atoms with Gasteiger partial charge in [0.1, 0.15) is 0 Å². The fourth-order valence-corrected chi connectivity index (χ4v) is 2.19. The molecule has 8 heteroatoms. The van der Waals surface area contributed by atoms with Gasteiger partial charge in [-0.2, -0.15) is 13.2 Å². The minimum atomic E-state index is -4.40. The number of anilines is 2. The highest BCUT2D eigenvalue weighted by Crippen LogP contribution is 2.29. The van der Waals surface area contributed by atoms with Crippen molar-refractivity contribution in [1.82, 2.24) is 0 Å². The third kappa shape index (κ3) is 5.63. The summed E-state index contributed by atoms with van der Waals surface area (Å²) in [6, 6.07) is 8.98. The summed E-state index contributed by atoms with van der Waals surface area (Å²) < 4.78 is 37.5. The molecule has 0 saturated carbocycles. The van der Waals surface area contributed by atoms with Crippen LogP contribution in [0.1, 0.15) is 18.1 Å². The number of carbonyl (C=O) groups excluding carboxylic acids is 2. The number of rotatable bonds is 4. The van der Waals surface area contributed by atoms with E-state index in [1.807, 2.05) is 0 Å². The van der Waals surface area contributed by atoms with E-state index in [0.717, 1.165) is 12.1 Å². The molecule has 4 nitrogen and oxygen atoms in total. The highest BCUT2D eigenvalue weighted by Gasteiger charge is 2.29. The first-order chi connectivity index (χ1) is 12.1. The van der Waals surface area contributed by atoms with Crippen LogP contribution in [-0.4, -0.2) is 11.8 Å². The van der Waals surface area contributed by atoms with E-state index in [-0.39, 0.29) is 5.91 Å². The second kappa shape index (κ2) is 8.05. The number of carbonyl (C=O) groups is 2. The van der Waals surface area contributed by atoms with Crippen LogP contribution in [0.25, 0.3) is 6.08 Å². The summed E-state index contributed by atoms with van der Waals surface area (Å²) in [6.07, 6.45) is -1.82. The van der Waals surface area contributed by atoms with Gasteiger partial charge in [0, 0.05) is 18.7 Å². The molecule has 0 aromatic heterocycles. The molecule has 0 saturated heterocycles. The maximum atomic E-state index is 12.5. The molecule has 0 radical (unpaired) electrons. The molecule has 26 heavy (non-hydrogen) atoms. The Morgan fingerprint density at radius 2 is 1.69 bits per heavy atom. The van der Waals surface area contributed by atoms with E-state index in [1.54, 1.807) is 6.07 Å². The SMILES string of the molecule is CC(=O)Nc1cc(NC(=O)C=Cc2ccc(C(F)(F)F)cc2)ccc1Cl. The smallest absolute Gasteiger partial charge is 0.325 e. The lowest BCUT2D eigenvalue weighted by Crippen LogP contribution is -2.10. The van der Waals surface area contributed by atoms with E-state index < -0.39 is 17.6 Å². The minimum Gasteiger partial charge on any atom is -0.325 e. The van der Waals surface area contributed by atoms with Crippen LogP contribution < -0.4 is 10.6 Å². The zero-order chi connectivity index (χ0) is 19.3. The van der Waals surface area contributed by atoms with Gasteiger partial charge in [-0.25, -0.2) is 0 Å². The normalized spacial score (nSPS) is 11.4. The number of halogens is 4. The highest BCUT2D eigenvalue weighted by molar-refractivity contribution is 6.33. The number of nitrogens with one attached hydrogen (secondary N) is 2. The second-order valence-corrected chi connectivity index (χ2v) is 5.73. The molecule has 0 unspecified atom stereocenters. The molecule has 2 N–H and O–H groups in total. The molecule has 0 fully saturated rings. The lowest BCUT2D eigenvalue weighted by atomic mass is 10.1. The Morgan fingerprint density at radius 3 is 2.27 bits per heavy atom. The molecule has 0 bridgehead atoms. The molecular formula is C18H14ClF3N2O2. The van der Waals surface area contributed by atoms with Crippen molar-refractivity contribution in [2.75, 3.05) is 10.6 Å². The zero-order valence-electron chi connectivity index (χ0n) is 13.5. The van der Waals surface area contributed by atoms with E-state index in [0.29, 0.717) is 22.0 Å². The standard InChI is InChI=1S/C18H14ClF3N2O2/c1-11(25)23-16-10-14(7-8-15(16)19)24-17(26)9-4-12-2-5-13(6-3-12)18(20,21)22/h2-10H,1H3,(H,23,25)(H,24,26). The summed E-state index contributed by atoms with van der Waals surface area (Å²) >= 11 is 5.94. The molecule has 2 amide bonds. The molecule has 0 heterocycles. The van der Waals surface area contributed by atoms with Crippen molar-refractivity contribution < 1.29 is 22.8 Å². The first-order valence-electron chi connectivity index (χ1n) is 7.38. The first kappa shape index (κ1) is 19.5. The summed E-state index contributed by atoms with van der Waals surface area (Å²) in [5.41, 5.74) is 0.442. The van der Waals surface area contributed by atoms with Gasteiger partial charge < -0.3 is 10.6 Å². The van der Waals surface area contributed by atoms with Crippen molar-refractivity contribution >= 4 is 40.9 Å². The maximum Gasteiger partial charge on any atom is 0.416 e. The van der Waals surface area contributed by atoms with E-state index in [1.165, 1.54) is 43.3 Å². The van der Waals surface area contributed by atoms with Crippen LogP contribution >= 0.6 is 11.6 Å². The van der Waals surface area contributed by atoms with Crippen molar-refractivity contribution in [3.05, 3.63) is 64.7 Å². The lowest BCUT2D eigenvalue weighted by Gasteiger charge is -2.08. The van der Waals surface area contributed by atoms with Crippen molar-refractivity contribution in [1.29, 1.82) is 0 Å². The zero-order valence-corrected chi connectivity index (χ0v) is 14.3. The molecule has 0 aliphatic heterocycles. The Hall–Kier alpha value is -2.80. The molecule has 0 aliphatic carbocycles. The number of hydrogen-bond donors (Lipinski definition) is 2. The van der Waals surface area contributed by atoms with Gasteiger partial charge in [0.05, 0.1) is 16.3 Å².